The number of benzene rings is 2. The van der Waals surface area contributed by atoms with E-state index in [-0.39, 0.29) is 33.9 Å². The predicted octanol–water partition coefficient (Wildman–Crippen LogP) is 4.28. The van der Waals surface area contributed by atoms with Gasteiger partial charge in [0.05, 0.1) is 31.6 Å². The highest BCUT2D eigenvalue weighted by Gasteiger charge is 2.27. The monoisotopic (exact) mass is 485 g/mol. The molecule has 0 bridgehead atoms. The first-order valence-electron chi connectivity index (χ1n) is 10.9. The number of hydrogen-bond acceptors (Lipinski definition) is 7. The minimum atomic E-state index is -0.782. The number of rotatable bonds is 4. The fourth-order valence-corrected chi connectivity index (χ4v) is 5.45. The largest absolute Gasteiger partial charge is 0.364 e. The van der Waals surface area contributed by atoms with Crippen LogP contribution < -0.4 is 15.6 Å². The summed E-state index contributed by atoms with van der Waals surface area (Å²) in [4.78, 5) is 30.1. The number of nitrogens with one attached hydrogen (secondary N) is 1. The van der Waals surface area contributed by atoms with Crippen molar-refractivity contribution in [2.45, 2.75) is 26.4 Å². The van der Waals surface area contributed by atoms with Crippen LogP contribution >= 0.6 is 11.3 Å². The van der Waals surface area contributed by atoms with Crippen LogP contribution in [0, 0.1) is 21.7 Å². The van der Waals surface area contributed by atoms with Crippen molar-refractivity contribution in [2.24, 2.45) is 0 Å². The Balaban J connectivity index is 1.71. The number of hydrogen-bond donors (Lipinski definition) is 1. The van der Waals surface area contributed by atoms with Crippen molar-refractivity contribution in [2.75, 3.05) is 24.5 Å². The number of fused-ring (bicyclic) bond motifs is 2. The van der Waals surface area contributed by atoms with Crippen molar-refractivity contribution in [1.82, 2.24) is 14.9 Å². The number of aromatic nitrogens is 2. The van der Waals surface area contributed by atoms with E-state index in [1.165, 1.54) is 24.4 Å². The maximum Gasteiger partial charge on any atom is 0.270 e. The van der Waals surface area contributed by atoms with Gasteiger partial charge in [-0.15, -0.1) is 11.3 Å². The predicted molar refractivity (Wildman–Crippen MR) is 129 cm³/mol. The summed E-state index contributed by atoms with van der Waals surface area (Å²) in [5, 5.41) is 14.6. The molecule has 1 unspecified atom stereocenters. The molecule has 3 heterocycles. The summed E-state index contributed by atoms with van der Waals surface area (Å²) in [6, 6.07) is 5.45. The first kappa shape index (κ1) is 22.4. The van der Waals surface area contributed by atoms with Gasteiger partial charge in [-0.3, -0.25) is 14.9 Å². The van der Waals surface area contributed by atoms with Gasteiger partial charge in [0, 0.05) is 50.6 Å². The lowest BCUT2D eigenvalue weighted by molar-refractivity contribution is -0.384. The maximum absolute atomic E-state index is 15.8. The van der Waals surface area contributed by atoms with E-state index < -0.39 is 22.0 Å². The third kappa shape index (κ3) is 3.61. The summed E-state index contributed by atoms with van der Waals surface area (Å²) in [6.07, 6.45) is 1.53. The smallest absolute Gasteiger partial charge is 0.270 e. The average Bonchev–Trinajstić information content (AvgIpc) is 3.23. The normalized spacial score (nSPS) is 16.5. The molecule has 0 spiro atoms. The summed E-state index contributed by atoms with van der Waals surface area (Å²) in [5.41, 5.74) is 0.0182. The van der Waals surface area contributed by atoms with Crippen molar-refractivity contribution in [3.63, 3.8) is 0 Å². The maximum atomic E-state index is 15.8. The molecule has 0 radical (unpaired) electrons. The van der Waals surface area contributed by atoms with Crippen molar-refractivity contribution in [3.05, 3.63) is 62.4 Å². The Morgan fingerprint density at radius 3 is 2.82 bits per heavy atom. The van der Waals surface area contributed by atoms with Crippen LogP contribution in [0.15, 0.2) is 35.3 Å². The number of anilines is 1. The van der Waals surface area contributed by atoms with E-state index in [0.717, 1.165) is 17.4 Å². The highest BCUT2D eigenvalue weighted by Crippen LogP contribution is 2.34. The molecule has 1 saturated heterocycles. The molecule has 1 N–H and O–H groups in total. The van der Waals surface area contributed by atoms with E-state index >= 15 is 8.78 Å². The molecule has 34 heavy (non-hydrogen) atoms. The van der Waals surface area contributed by atoms with Gasteiger partial charge in [0.15, 0.2) is 11.2 Å². The number of piperazine rings is 1. The lowest BCUT2D eigenvalue weighted by Crippen LogP contribution is -2.49. The molecule has 0 aliphatic carbocycles. The highest BCUT2D eigenvalue weighted by atomic mass is 32.1. The Bertz CT molecular complexity index is 1520. The van der Waals surface area contributed by atoms with Crippen molar-refractivity contribution >= 4 is 43.8 Å². The fraction of sp³-hybridized carbons (Fsp3) is 0.304. The van der Waals surface area contributed by atoms with Gasteiger partial charge in [-0.1, -0.05) is 0 Å². The van der Waals surface area contributed by atoms with Crippen molar-refractivity contribution in [1.29, 1.82) is 0 Å². The molecular weight excluding hydrogens is 464 g/mol. The number of thiazole rings is 1. The lowest BCUT2D eigenvalue weighted by Gasteiger charge is -2.34. The minimum absolute atomic E-state index is 0.0515. The van der Waals surface area contributed by atoms with Crippen LogP contribution in [0.2, 0.25) is 0 Å². The molecule has 2 aromatic heterocycles. The second-order valence-electron chi connectivity index (χ2n) is 8.30. The van der Waals surface area contributed by atoms with Crippen molar-refractivity contribution < 1.29 is 13.7 Å². The van der Waals surface area contributed by atoms with E-state index in [9.17, 15) is 14.9 Å². The van der Waals surface area contributed by atoms with Crippen LogP contribution in [0.5, 0.6) is 0 Å². The third-order valence-corrected chi connectivity index (χ3v) is 7.12. The Hall–Kier alpha value is -3.44. The van der Waals surface area contributed by atoms with E-state index in [4.69, 9.17) is 0 Å². The van der Waals surface area contributed by atoms with E-state index in [1.54, 1.807) is 9.47 Å². The molecule has 1 aliphatic rings. The summed E-state index contributed by atoms with van der Waals surface area (Å²) in [6.45, 7) is 5.61. The SMILES string of the molecule is CCn1cc(-c2nc3ccc([N+](=O)[O-])cc3s2)c(=O)c2cc(F)c(N3CCNC(C)C3)c(F)c21. The van der Waals surface area contributed by atoms with E-state index in [1.807, 2.05) is 13.8 Å². The summed E-state index contributed by atoms with van der Waals surface area (Å²) < 4.78 is 33.1. The zero-order chi connectivity index (χ0) is 24.1. The van der Waals surface area contributed by atoms with Gasteiger partial charge in [0.2, 0.25) is 0 Å². The zero-order valence-electron chi connectivity index (χ0n) is 18.5. The molecule has 0 amide bonds. The van der Waals surface area contributed by atoms with Crippen LogP contribution in [-0.4, -0.2) is 40.2 Å². The molecule has 1 fully saturated rings. The van der Waals surface area contributed by atoms with Crippen LogP contribution in [0.3, 0.4) is 0 Å². The Labute approximate surface area is 196 Å². The van der Waals surface area contributed by atoms with Gasteiger partial charge >= 0.3 is 0 Å². The summed E-state index contributed by atoms with van der Waals surface area (Å²) in [5.74, 6) is -1.54. The van der Waals surface area contributed by atoms with Gasteiger partial charge < -0.3 is 14.8 Å². The quantitative estimate of drug-likeness (QED) is 0.343. The second kappa shape index (κ2) is 8.41. The number of aryl methyl sites for hydroxylation is 1. The van der Waals surface area contributed by atoms with Crippen LogP contribution in [0.25, 0.3) is 31.7 Å². The zero-order valence-corrected chi connectivity index (χ0v) is 19.3. The van der Waals surface area contributed by atoms with Gasteiger partial charge in [0.25, 0.3) is 5.69 Å². The number of halogens is 2. The molecule has 2 aromatic carbocycles. The molecule has 0 saturated carbocycles. The standard InChI is InChI=1S/C23H21F2N5O3S/c1-3-28-11-15(23-27-17-5-4-13(30(32)33)8-18(17)34-23)22(31)14-9-16(24)21(19(25)20(14)28)29-7-6-26-12(2)10-29/h4-5,8-9,11-12,26H,3,6-7,10H2,1-2H3. The summed E-state index contributed by atoms with van der Waals surface area (Å²) >= 11 is 1.13. The van der Waals surface area contributed by atoms with Gasteiger partial charge in [-0.05, 0) is 26.0 Å². The number of non-ortho nitro benzene ring substituents is 1. The van der Waals surface area contributed by atoms with E-state index in [0.29, 0.717) is 41.4 Å². The second-order valence-corrected chi connectivity index (χ2v) is 9.34. The number of pyridine rings is 1. The Morgan fingerprint density at radius 2 is 2.12 bits per heavy atom. The molecule has 4 aromatic rings. The summed E-state index contributed by atoms with van der Waals surface area (Å²) in [7, 11) is 0. The Morgan fingerprint density at radius 1 is 1.32 bits per heavy atom. The van der Waals surface area contributed by atoms with E-state index in [2.05, 4.69) is 10.3 Å². The van der Waals surface area contributed by atoms with Gasteiger partial charge in [0.1, 0.15) is 16.5 Å². The third-order valence-electron chi connectivity index (χ3n) is 6.07. The van der Waals surface area contributed by atoms with Gasteiger partial charge in [-0.25, -0.2) is 13.8 Å². The lowest BCUT2D eigenvalue weighted by atomic mass is 10.1. The average molecular weight is 486 g/mol. The van der Waals surface area contributed by atoms with Crippen LogP contribution in [0.1, 0.15) is 13.8 Å². The minimum Gasteiger partial charge on any atom is -0.364 e. The molecule has 11 heteroatoms. The topological polar surface area (TPSA) is 93.3 Å². The van der Waals surface area contributed by atoms with Crippen LogP contribution in [-0.2, 0) is 6.54 Å². The first-order chi connectivity index (χ1) is 16.3. The number of nitrogens with zero attached hydrogens (tertiary/aromatic N) is 4. The molecule has 5 rings (SSSR count). The van der Waals surface area contributed by atoms with Crippen LogP contribution in [0.4, 0.5) is 20.2 Å². The fourth-order valence-electron chi connectivity index (χ4n) is 4.45. The highest BCUT2D eigenvalue weighted by molar-refractivity contribution is 7.21. The Kier molecular flexibility index (Phi) is 5.53. The van der Waals surface area contributed by atoms with Gasteiger partial charge in [-0.2, -0.15) is 0 Å². The molecule has 1 atom stereocenters. The number of nitro benzene ring substituents is 1. The molecule has 1 aliphatic heterocycles. The molecule has 8 nitrogen and oxygen atoms in total. The van der Waals surface area contributed by atoms with Crippen molar-refractivity contribution in [3.8, 4) is 10.6 Å². The molecule has 176 valence electrons. The number of nitro groups is 1. The molecular formula is C23H21F2N5O3S. The first-order valence-corrected chi connectivity index (χ1v) is 11.7.